The molecule has 2 saturated carbocycles. The molecule has 3 atom stereocenters. The Hall–Kier alpha value is -0.660. The molecule has 1 spiro atoms. The molecule has 0 aromatic carbocycles. The van der Waals surface area contributed by atoms with Gasteiger partial charge >= 0.3 is 0 Å². The van der Waals surface area contributed by atoms with Crippen molar-refractivity contribution in [1.29, 1.82) is 0 Å². The first-order chi connectivity index (χ1) is 6.56. The zero-order valence-electron chi connectivity index (χ0n) is 9.01. The van der Waals surface area contributed by atoms with E-state index in [4.69, 9.17) is 0 Å². The summed E-state index contributed by atoms with van der Waals surface area (Å²) in [6.07, 6.45) is 4.35. The average molecular weight is 194 g/mol. The third kappa shape index (κ3) is 1.23. The summed E-state index contributed by atoms with van der Waals surface area (Å²) in [6.45, 7) is 4.05. The summed E-state index contributed by atoms with van der Waals surface area (Å²) in [5.74, 6) is 0.977. The van der Waals surface area contributed by atoms with E-state index in [1.165, 1.54) is 6.42 Å². The molecule has 2 heteroatoms. The van der Waals surface area contributed by atoms with E-state index in [0.717, 1.165) is 19.3 Å². The van der Waals surface area contributed by atoms with Gasteiger partial charge in [-0.25, -0.2) is 0 Å². The van der Waals surface area contributed by atoms with Crippen LogP contribution in [0.3, 0.4) is 0 Å². The molecule has 0 radical (unpaired) electrons. The minimum absolute atomic E-state index is 0.0206. The number of ketones is 2. The van der Waals surface area contributed by atoms with Gasteiger partial charge in [-0.15, -0.1) is 0 Å². The van der Waals surface area contributed by atoms with Crippen LogP contribution in [0, 0.1) is 17.3 Å². The summed E-state index contributed by atoms with van der Waals surface area (Å²) < 4.78 is 0. The Labute approximate surface area is 85.1 Å². The molecule has 0 heterocycles. The van der Waals surface area contributed by atoms with Crippen molar-refractivity contribution < 1.29 is 9.59 Å². The fraction of sp³-hybridized carbons (Fsp3) is 0.833. The van der Waals surface area contributed by atoms with Crippen molar-refractivity contribution in [3.63, 3.8) is 0 Å². The lowest BCUT2D eigenvalue weighted by molar-refractivity contribution is -0.138. The highest BCUT2D eigenvalue weighted by atomic mass is 16.2. The molecular formula is C12H18O2. The van der Waals surface area contributed by atoms with Gasteiger partial charge in [-0.2, -0.15) is 0 Å². The molecule has 0 amide bonds. The maximum absolute atomic E-state index is 12.0. The number of carbonyl (C=O) groups excluding carboxylic acids is 2. The Bertz CT molecular complexity index is 282. The summed E-state index contributed by atoms with van der Waals surface area (Å²) in [5.41, 5.74) is -0.545. The van der Waals surface area contributed by atoms with Crippen LogP contribution in [0.2, 0.25) is 0 Å². The highest BCUT2D eigenvalue weighted by Gasteiger charge is 2.53. The van der Waals surface area contributed by atoms with Gasteiger partial charge in [0.05, 0.1) is 5.41 Å². The number of hydrogen-bond acceptors (Lipinski definition) is 2. The topological polar surface area (TPSA) is 34.1 Å². The molecule has 0 bridgehead atoms. The fourth-order valence-corrected chi connectivity index (χ4v) is 3.20. The second-order valence-corrected chi connectivity index (χ2v) is 5.18. The summed E-state index contributed by atoms with van der Waals surface area (Å²) in [5, 5.41) is 0. The van der Waals surface area contributed by atoms with Gasteiger partial charge in [0.1, 0.15) is 11.6 Å². The molecule has 0 aliphatic heterocycles. The van der Waals surface area contributed by atoms with E-state index in [9.17, 15) is 9.59 Å². The normalized spacial score (nSPS) is 43.6. The van der Waals surface area contributed by atoms with Crippen LogP contribution in [0.15, 0.2) is 0 Å². The summed E-state index contributed by atoms with van der Waals surface area (Å²) in [6, 6.07) is 0. The Morgan fingerprint density at radius 3 is 2.50 bits per heavy atom. The van der Waals surface area contributed by atoms with Gasteiger partial charge in [-0.1, -0.05) is 26.7 Å². The van der Waals surface area contributed by atoms with Crippen LogP contribution in [-0.2, 0) is 9.59 Å². The molecule has 2 nitrogen and oxygen atoms in total. The van der Waals surface area contributed by atoms with Crippen LogP contribution in [0.25, 0.3) is 0 Å². The minimum atomic E-state index is -0.545. The number of hydrogen-bond donors (Lipinski definition) is 0. The van der Waals surface area contributed by atoms with Gasteiger partial charge < -0.3 is 0 Å². The quantitative estimate of drug-likeness (QED) is 0.555. The lowest BCUT2D eigenvalue weighted by atomic mass is 9.67. The smallest absolute Gasteiger partial charge is 0.149 e. The van der Waals surface area contributed by atoms with Crippen LogP contribution < -0.4 is 0 Å². The van der Waals surface area contributed by atoms with Gasteiger partial charge in [0.15, 0.2) is 0 Å². The average Bonchev–Trinajstić information content (AvgIpc) is 2.32. The Morgan fingerprint density at radius 1 is 1.29 bits per heavy atom. The monoisotopic (exact) mass is 194 g/mol. The second-order valence-electron chi connectivity index (χ2n) is 5.18. The Morgan fingerprint density at radius 2 is 2.00 bits per heavy atom. The highest BCUT2D eigenvalue weighted by Crippen LogP contribution is 2.47. The van der Waals surface area contributed by atoms with Crippen LogP contribution >= 0.6 is 0 Å². The standard InChI is InChI=1S/C12H18O2/c1-8-4-3-5-12(7-8)10(13)6-9(2)11(12)14/h8-9H,3-7H2,1-2H3/t8-,9-,12+/m0/s1. The SMILES string of the molecule is C[C@H]1CCC[C@@]2(C1)C(=O)C[C@H](C)C2=O. The van der Waals surface area contributed by atoms with Crippen molar-refractivity contribution in [2.75, 3.05) is 0 Å². The van der Waals surface area contributed by atoms with Crippen molar-refractivity contribution in [3.8, 4) is 0 Å². The van der Waals surface area contributed by atoms with E-state index in [-0.39, 0.29) is 17.5 Å². The molecule has 14 heavy (non-hydrogen) atoms. The van der Waals surface area contributed by atoms with Crippen molar-refractivity contribution in [1.82, 2.24) is 0 Å². The first kappa shape index (κ1) is 9.88. The van der Waals surface area contributed by atoms with Crippen LogP contribution in [0.5, 0.6) is 0 Å². The molecule has 0 N–H and O–H groups in total. The van der Waals surface area contributed by atoms with Gasteiger partial charge in [0, 0.05) is 12.3 Å². The number of Topliss-reactive ketones (excluding diaryl/α,β-unsaturated/α-hetero) is 2. The highest BCUT2D eigenvalue weighted by molar-refractivity contribution is 6.14. The zero-order chi connectivity index (χ0) is 10.3. The third-order valence-corrected chi connectivity index (χ3v) is 3.94. The predicted octanol–water partition coefficient (Wildman–Crippen LogP) is 2.36. The molecule has 2 fully saturated rings. The van der Waals surface area contributed by atoms with Crippen molar-refractivity contribution in [2.45, 2.75) is 46.0 Å². The van der Waals surface area contributed by atoms with Crippen molar-refractivity contribution in [2.24, 2.45) is 17.3 Å². The fourth-order valence-electron chi connectivity index (χ4n) is 3.20. The van der Waals surface area contributed by atoms with Crippen molar-refractivity contribution in [3.05, 3.63) is 0 Å². The molecule has 2 aliphatic rings. The summed E-state index contributed by atoms with van der Waals surface area (Å²) in [7, 11) is 0. The summed E-state index contributed by atoms with van der Waals surface area (Å²) >= 11 is 0. The van der Waals surface area contributed by atoms with Crippen molar-refractivity contribution >= 4 is 11.6 Å². The largest absolute Gasteiger partial charge is 0.299 e. The van der Waals surface area contributed by atoms with Gasteiger partial charge in [-0.3, -0.25) is 9.59 Å². The van der Waals surface area contributed by atoms with Gasteiger partial charge in [0.25, 0.3) is 0 Å². The van der Waals surface area contributed by atoms with E-state index < -0.39 is 5.41 Å². The predicted molar refractivity (Wildman–Crippen MR) is 53.9 cm³/mol. The van der Waals surface area contributed by atoms with E-state index >= 15 is 0 Å². The Kier molecular flexibility index (Phi) is 2.24. The zero-order valence-corrected chi connectivity index (χ0v) is 9.01. The lowest BCUT2D eigenvalue weighted by Crippen LogP contribution is -2.38. The molecule has 2 rings (SSSR count). The first-order valence-electron chi connectivity index (χ1n) is 5.64. The van der Waals surface area contributed by atoms with Crippen LogP contribution in [0.1, 0.15) is 46.0 Å². The molecule has 78 valence electrons. The first-order valence-corrected chi connectivity index (χ1v) is 5.64. The number of rotatable bonds is 0. The molecule has 0 aromatic heterocycles. The van der Waals surface area contributed by atoms with Crippen LogP contribution in [-0.4, -0.2) is 11.6 Å². The van der Waals surface area contributed by atoms with Gasteiger partial charge in [-0.05, 0) is 18.8 Å². The van der Waals surface area contributed by atoms with Gasteiger partial charge in [0.2, 0.25) is 0 Å². The molecule has 0 saturated heterocycles. The summed E-state index contributed by atoms with van der Waals surface area (Å²) in [4.78, 5) is 23.9. The molecule has 2 aliphatic carbocycles. The van der Waals surface area contributed by atoms with E-state index in [1.54, 1.807) is 0 Å². The molecular weight excluding hydrogens is 176 g/mol. The van der Waals surface area contributed by atoms with E-state index in [0.29, 0.717) is 12.3 Å². The Balaban J connectivity index is 2.29. The minimum Gasteiger partial charge on any atom is -0.299 e. The maximum atomic E-state index is 12.0. The van der Waals surface area contributed by atoms with E-state index in [1.807, 2.05) is 6.92 Å². The van der Waals surface area contributed by atoms with E-state index in [2.05, 4.69) is 6.92 Å². The second kappa shape index (κ2) is 3.18. The maximum Gasteiger partial charge on any atom is 0.149 e. The molecule has 0 unspecified atom stereocenters. The van der Waals surface area contributed by atoms with Crippen LogP contribution in [0.4, 0.5) is 0 Å². The molecule has 0 aromatic rings. The number of carbonyl (C=O) groups is 2. The third-order valence-electron chi connectivity index (χ3n) is 3.94. The lowest BCUT2D eigenvalue weighted by Gasteiger charge is -2.34.